The minimum Gasteiger partial charge on any atom is -0.490 e. The molecule has 0 amide bonds. The van der Waals surface area contributed by atoms with E-state index in [4.69, 9.17) is 22.7 Å². The molecular weight excluding hydrogens is 284 g/mol. The van der Waals surface area contributed by atoms with E-state index >= 15 is 0 Å². The molecule has 1 aliphatic rings. The monoisotopic (exact) mass is 308 g/mol. The van der Waals surface area contributed by atoms with Crippen LogP contribution in [0.2, 0.25) is 0 Å². The molecule has 3 atom stereocenters. The Hall–Kier alpha value is -1.17. The number of aliphatic hydroxyl groups excluding tert-OH is 1. The summed E-state index contributed by atoms with van der Waals surface area (Å²) in [4.78, 5) is 2.60. The van der Waals surface area contributed by atoms with Gasteiger partial charge in [0.2, 0.25) is 0 Å². The van der Waals surface area contributed by atoms with Gasteiger partial charge >= 0.3 is 0 Å². The van der Waals surface area contributed by atoms with Crippen LogP contribution in [0.25, 0.3) is 0 Å². The summed E-state index contributed by atoms with van der Waals surface area (Å²) in [5, 5.41) is 10.1. The van der Waals surface area contributed by atoms with Crippen molar-refractivity contribution in [2.24, 2.45) is 17.6 Å². The first-order valence-electron chi connectivity index (χ1n) is 7.39. The van der Waals surface area contributed by atoms with Crippen LogP contribution in [0.5, 0.6) is 5.75 Å². The molecule has 0 radical (unpaired) electrons. The lowest BCUT2D eigenvalue weighted by Gasteiger charge is -2.20. The quantitative estimate of drug-likeness (QED) is 0.783. The van der Waals surface area contributed by atoms with E-state index in [0.717, 1.165) is 13.1 Å². The van der Waals surface area contributed by atoms with Gasteiger partial charge in [-0.15, -0.1) is 0 Å². The normalized spacial score (nSPS) is 24.0. The molecule has 0 aromatic heterocycles. The third kappa shape index (κ3) is 4.40. The first kappa shape index (κ1) is 16.2. The van der Waals surface area contributed by atoms with E-state index in [2.05, 4.69) is 18.7 Å². The second-order valence-corrected chi connectivity index (χ2v) is 6.44. The Morgan fingerprint density at radius 3 is 2.62 bits per heavy atom. The Morgan fingerprint density at radius 1 is 1.38 bits per heavy atom. The van der Waals surface area contributed by atoms with Crippen molar-refractivity contribution in [1.82, 2.24) is 4.90 Å². The highest BCUT2D eigenvalue weighted by Gasteiger charge is 2.27. The molecule has 0 spiro atoms. The molecule has 116 valence electrons. The standard InChI is InChI=1S/C16H24N2O2S/c1-11-7-18(8-12(11)2)9-13(19)10-20-15-6-4-3-5-14(15)16(17)21/h3-6,11-13,19H,7-10H2,1-2H3,(H2,17,21). The van der Waals surface area contributed by atoms with Crippen LogP contribution in [0.4, 0.5) is 0 Å². The van der Waals surface area contributed by atoms with Gasteiger partial charge in [-0.25, -0.2) is 0 Å². The number of nitrogens with zero attached hydrogens (tertiary/aromatic N) is 1. The Bertz CT molecular complexity index is 485. The van der Waals surface area contributed by atoms with E-state index < -0.39 is 6.10 Å². The number of thiocarbonyl (C=S) groups is 1. The number of benzene rings is 1. The molecule has 5 heteroatoms. The number of ether oxygens (including phenoxy) is 1. The summed E-state index contributed by atoms with van der Waals surface area (Å²) in [6.45, 7) is 7.49. The van der Waals surface area contributed by atoms with Gasteiger partial charge in [-0.3, -0.25) is 0 Å². The van der Waals surface area contributed by atoms with Crippen LogP contribution in [0, 0.1) is 11.8 Å². The summed E-state index contributed by atoms with van der Waals surface area (Å²) in [6.07, 6.45) is -0.512. The molecule has 1 heterocycles. The first-order chi connectivity index (χ1) is 9.97. The van der Waals surface area contributed by atoms with Crippen LogP contribution in [-0.4, -0.2) is 47.3 Å². The molecule has 0 saturated carbocycles. The smallest absolute Gasteiger partial charge is 0.129 e. The summed E-state index contributed by atoms with van der Waals surface area (Å²) >= 11 is 5.00. The van der Waals surface area contributed by atoms with Crippen LogP contribution in [0.1, 0.15) is 19.4 Å². The third-order valence-corrected chi connectivity index (χ3v) is 4.34. The zero-order valence-electron chi connectivity index (χ0n) is 12.7. The second-order valence-electron chi connectivity index (χ2n) is 6.00. The molecule has 4 nitrogen and oxygen atoms in total. The van der Waals surface area contributed by atoms with Crippen molar-refractivity contribution < 1.29 is 9.84 Å². The van der Waals surface area contributed by atoms with Gasteiger partial charge in [0.25, 0.3) is 0 Å². The molecule has 3 unspecified atom stereocenters. The third-order valence-electron chi connectivity index (χ3n) is 4.12. The number of likely N-dealkylation sites (tertiary alicyclic amines) is 1. The molecule has 1 saturated heterocycles. The van der Waals surface area contributed by atoms with Crippen molar-refractivity contribution in [3.8, 4) is 5.75 Å². The Morgan fingerprint density at radius 2 is 2.00 bits per heavy atom. The second kappa shape index (κ2) is 7.20. The molecule has 21 heavy (non-hydrogen) atoms. The van der Waals surface area contributed by atoms with Crippen molar-refractivity contribution in [2.75, 3.05) is 26.2 Å². The SMILES string of the molecule is CC1CN(CC(O)COc2ccccc2C(N)=S)CC1C. The first-order valence-corrected chi connectivity index (χ1v) is 7.80. The highest BCUT2D eigenvalue weighted by atomic mass is 32.1. The van der Waals surface area contributed by atoms with Gasteiger partial charge in [-0.2, -0.15) is 0 Å². The minimum absolute atomic E-state index is 0.249. The average molecular weight is 308 g/mol. The van der Waals surface area contributed by atoms with Gasteiger partial charge in [0, 0.05) is 19.6 Å². The minimum atomic E-state index is -0.512. The molecule has 0 bridgehead atoms. The predicted octanol–water partition coefficient (Wildman–Crippen LogP) is 1.65. The van der Waals surface area contributed by atoms with Crippen molar-refractivity contribution in [2.45, 2.75) is 20.0 Å². The van der Waals surface area contributed by atoms with Crippen molar-refractivity contribution >= 4 is 17.2 Å². The highest BCUT2D eigenvalue weighted by molar-refractivity contribution is 7.80. The molecule has 0 aliphatic carbocycles. The lowest BCUT2D eigenvalue weighted by Crippen LogP contribution is -2.34. The molecule has 2 rings (SSSR count). The van der Waals surface area contributed by atoms with Gasteiger partial charge in [-0.1, -0.05) is 38.2 Å². The van der Waals surface area contributed by atoms with Crippen molar-refractivity contribution in [1.29, 1.82) is 0 Å². The number of nitrogens with two attached hydrogens (primary N) is 1. The summed E-state index contributed by atoms with van der Waals surface area (Å²) in [5.74, 6) is 2.01. The van der Waals surface area contributed by atoms with Gasteiger partial charge in [0.1, 0.15) is 23.4 Å². The number of aliphatic hydroxyl groups is 1. The summed E-state index contributed by atoms with van der Waals surface area (Å²) in [7, 11) is 0. The number of hydrogen-bond donors (Lipinski definition) is 2. The van der Waals surface area contributed by atoms with E-state index in [9.17, 15) is 5.11 Å². The fourth-order valence-corrected chi connectivity index (χ4v) is 2.90. The zero-order chi connectivity index (χ0) is 15.4. The van der Waals surface area contributed by atoms with E-state index in [1.165, 1.54) is 0 Å². The number of para-hydroxylation sites is 1. The molecule has 1 aliphatic heterocycles. The van der Waals surface area contributed by atoms with Gasteiger partial charge in [0.15, 0.2) is 0 Å². The van der Waals surface area contributed by atoms with E-state index in [1.54, 1.807) is 0 Å². The Labute approximate surface area is 131 Å². The van der Waals surface area contributed by atoms with Gasteiger partial charge < -0.3 is 20.5 Å². The predicted molar refractivity (Wildman–Crippen MR) is 88.6 cm³/mol. The lowest BCUT2D eigenvalue weighted by molar-refractivity contribution is 0.0742. The van der Waals surface area contributed by atoms with Crippen LogP contribution in [0.15, 0.2) is 24.3 Å². The summed E-state index contributed by atoms with van der Waals surface area (Å²) < 4.78 is 5.68. The molecule has 1 fully saturated rings. The topological polar surface area (TPSA) is 58.7 Å². The summed E-state index contributed by atoms with van der Waals surface area (Å²) in [5.41, 5.74) is 6.38. The van der Waals surface area contributed by atoms with E-state index in [0.29, 0.717) is 34.7 Å². The van der Waals surface area contributed by atoms with E-state index in [-0.39, 0.29) is 6.61 Å². The summed E-state index contributed by atoms with van der Waals surface area (Å²) in [6, 6.07) is 7.38. The molecule has 3 N–H and O–H groups in total. The van der Waals surface area contributed by atoms with Crippen molar-refractivity contribution in [3.05, 3.63) is 29.8 Å². The molecule has 1 aromatic rings. The van der Waals surface area contributed by atoms with E-state index in [1.807, 2.05) is 24.3 Å². The largest absolute Gasteiger partial charge is 0.490 e. The zero-order valence-corrected chi connectivity index (χ0v) is 13.5. The van der Waals surface area contributed by atoms with Gasteiger partial charge in [-0.05, 0) is 24.0 Å². The van der Waals surface area contributed by atoms with Crippen LogP contribution in [-0.2, 0) is 0 Å². The Kier molecular flexibility index (Phi) is 5.56. The van der Waals surface area contributed by atoms with Gasteiger partial charge in [0.05, 0.1) is 5.56 Å². The van der Waals surface area contributed by atoms with Crippen molar-refractivity contribution in [3.63, 3.8) is 0 Å². The molecular formula is C16H24N2O2S. The highest BCUT2D eigenvalue weighted by Crippen LogP contribution is 2.22. The fourth-order valence-electron chi connectivity index (χ4n) is 2.73. The number of hydrogen-bond acceptors (Lipinski definition) is 4. The van der Waals surface area contributed by atoms with Crippen LogP contribution < -0.4 is 10.5 Å². The maximum atomic E-state index is 10.1. The van der Waals surface area contributed by atoms with Crippen LogP contribution >= 0.6 is 12.2 Å². The maximum Gasteiger partial charge on any atom is 0.129 e. The van der Waals surface area contributed by atoms with Crippen LogP contribution in [0.3, 0.4) is 0 Å². The number of rotatable bonds is 6. The Balaban J connectivity index is 1.84. The maximum absolute atomic E-state index is 10.1. The molecule has 1 aromatic carbocycles. The average Bonchev–Trinajstić information content (AvgIpc) is 2.75. The lowest BCUT2D eigenvalue weighted by atomic mass is 10.0. The number of β-amino-alcohol motifs (C(OH)–C–C–N with tert-alkyl or cyclic N) is 1. The fraction of sp³-hybridized carbons (Fsp3) is 0.562.